The van der Waals surface area contributed by atoms with Crippen molar-refractivity contribution in [3.8, 4) is 0 Å². The number of fused-ring (bicyclic) bond motifs is 2. The largest absolute Gasteiger partial charge is 0.361 e. The van der Waals surface area contributed by atoms with Gasteiger partial charge in [-0.25, -0.2) is 4.98 Å². The van der Waals surface area contributed by atoms with E-state index in [1.807, 2.05) is 24.4 Å². The van der Waals surface area contributed by atoms with Gasteiger partial charge in [-0.3, -0.25) is 14.5 Å². The maximum atomic E-state index is 12.0. The van der Waals surface area contributed by atoms with E-state index >= 15 is 0 Å². The van der Waals surface area contributed by atoms with Crippen LogP contribution in [0.3, 0.4) is 0 Å². The van der Waals surface area contributed by atoms with E-state index in [0.717, 1.165) is 16.5 Å². The maximum absolute atomic E-state index is 12.0. The Bertz CT molecular complexity index is 1030. The molecule has 0 aliphatic rings. The Morgan fingerprint density at radius 1 is 1.32 bits per heavy atom. The Morgan fingerprint density at radius 3 is 3.14 bits per heavy atom. The molecule has 110 valence electrons. The number of nitrogens with one attached hydrogen (secondary N) is 3. The third-order valence-electron chi connectivity index (χ3n) is 3.68. The van der Waals surface area contributed by atoms with E-state index < -0.39 is 0 Å². The standard InChI is InChI=1S/C15H14N6O/c1-21-13-12(8-18-21)19-15(20-14(13)22)17-7-9-2-3-11-10(6-9)4-5-16-11/h2-6,8,16H,7H2,1H3,(H2,17,19,20,22). The summed E-state index contributed by atoms with van der Waals surface area (Å²) in [5, 5.41) is 8.35. The first-order valence-electron chi connectivity index (χ1n) is 6.92. The van der Waals surface area contributed by atoms with Gasteiger partial charge in [0.25, 0.3) is 5.56 Å². The van der Waals surface area contributed by atoms with E-state index in [-0.39, 0.29) is 5.56 Å². The van der Waals surface area contributed by atoms with Crippen LogP contribution in [0, 0.1) is 0 Å². The van der Waals surface area contributed by atoms with Gasteiger partial charge in [-0.2, -0.15) is 5.10 Å². The Labute approximate surface area is 125 Å². The molecule has 0 atom stereocenters. The van der Waals surface area contributed by atoms with Gasteiger partial charge in [-0.05, 0) is 29.1 Å². The highest BCUT2D eigenvalue weighted by Gasteiger charge is 2.08. The molecule has 0 unspecified atom stereocenters. The summed E-state index contributed by atoms with van der Waals surface area (Å²) in [4.78, 5) is 22.3. The number of rotatable bonds is 3. The summed E-state index contributed by atoms with van der Waals surface area (Å²) in [5.74, 6) is 0.444. The quantitative estimate of drug-likeness (QED) is 0.537. The van der Waals surface area contributed by atoms with Gasteiger partial charge in [-0.15, -0.1) is 0 Å². The fourth-order valence-electron chi connectivity index (χ4n) is 2.57. The predicted molar refractivity (Wildman–Crippen MR) is 84.8 cm³/mol. The van der Waals surface area contributed by atoms with Crippen molar-refractivity contribution in [3.63, 3.8) is 0 Å². The van der Waals surface area contributed by atoms with Crippen molar-refractivity contribution in [2.45, 2.75) is 6.54 Å². The number of nitrogens with zero attached hydrogens (tertiary/aromatic N) is 3. The molecule has 0 bridgehead atoms. The molecule has 0 fully saturated rings. The predicted octanol–water partition coefficient (Wildman–Crippen LogP) is 1.75. The van der Waals surface area contributed by atoms with Crippen molar-refractivity contribution < 1.29 is 0 Å². The molecular formula is C15H14N6O. The van der Waals surface area contributed by atoms with Crippen LogP contribution in [0.4, 0.5) is 5.95 Å². The second kappa shape index (κ2) is 4.73. The van der Waals surface area contributed by atoms with Crippen LogP contribution >= 0.6 is 0 Å². The summed E-state index contributed by atoms with van der Waals surface area (Å²) >= 11 is 0. The average molecular weight is 294 g/mol. The first-order chi connectivity index (χ1) is 10.7. The zero-order chi connectivity index (χ0) is 15.1. The third-order valence-corrected chi connectivity index (χ3v) is 3.68. The monoisotopic (exact) mass is 294 g/mol. The normalized spacial score (nSPS) is 11.3. The molecule has 3 heterocycles. The van der Waals surface area contributed by atoms with Crippen molar-refractivity contribution in [1.82, 2.24) is 24.7 Å². The van der Waals surface area contributed by atoms with E-state index in [4.69, 9.17) is 0 Å². The first-order valence-corrected chi connectivity index (χ1v) is 6.92. The topological polar surface area (TPSA) is 91.4 Å². The lowest BCUT2D eigenvalue weighted by atomic mass is 10.1. The van der Waals surface area contributed by atoms with E-state index in [2.05, 4.69) is 31.4 Å². The molecule has 0 saturated carbocycles. The molecule has 0 amide bonds. The molecular weight excluding hydrogens is 280 g/mol. The molecule has 22 heavy (non-hydrogen) atoms. The number of hydrogen-bond acceptors (Lipinski definition) is 4. The lowest BCUT2D eigenvalue weighted by Crippen LogP contribution is -2.15. The number of aryl methyl sites for hydroxylation is 1. The number of aromatic amines is 2. The van der Waals surface area contributed by atoms with Gasteiger partial charge in [0.2, 0.25) is 5.95 Å². The summed E-state index contributed by atoms with van der Waals surface area (Å²) in [5.41, 5.74) is 3.07. The van der Waals surface area contributed by atoms with Crippen molar-refractivity contribution in [1.29, 1.82) is 0 Å². The fourth-order valence-corrected chi connectivity index (χ4v) is 2.57. The van der Waals surface area contributed by atoms with Crippen LogP contribution in [0.15, 0.2) is 41.5 Å². The van der Waals surface area contributed by atoms with Gasteiger partial charge in [0.15, 0.2) is 5.52 Å². The molecule has 0 spiro atoms. The molecule has 3 N–H and O–H groups in total. The van der Waals surface area contributed by atoms with Crippen LogP contribution in [0.1, 0.15) is 5.56 Å². The molecule has 7 nitrogen and oxygen atoms in total. The van der Waals surface area contributed by atoms with Crippen LogP contribution in [-0.2, 0) is 13.6 Å². The van der Waals surface area contributed by atoms with Gasteiger partial charge in [0.05, 0.1) is 6.20 Å². The molecule has 0 aliphatic carbocycles. The van der Waals surface area contributed by atoms with Gasteiger partial charge < -0.3 is 10.3 Å². The molecule has 0 aliphatic heterocycles. The summed E-state index contributed by atoms with van der Waals surface area (Å²) in [7, 11) is 1.72. The van der Waals surface area contributed by atoms with Crippen LogP contribution in [-0.4, -0.2) is 24.7 Å². The molecule has 0 radical (unpaired) electrons. The Morgan fingerprint density at radius 2 is 2.23 bits per heavy atom. The molecule has 1 aromatic carbocycles. The maximum Gasteiger partial charge on any atom is 0.278 e. The van der Waals surface area contributed by atoms with E-state index in [1.165, 1.54) is 4.68 Å². The molecule has 3 aromatic heterocycles. The fraction of sp³-hybridized carbons (Fsp3) is 0.133. The Kier molecular flexibility index (Phi) is 2.72. The number of H-pyrrole nitrogens is 2. The van der Waals surface area contributed by atoms with Crippen LogP contribution in [0.2, 0.25) is 0 Å². The third kappa shape index (κ3) is 2.03. The minimum absolute atomic E-state index is 0.200. The SMILES string of the molecule is Cn1ncc2nc(NCc3ccc4[nH]ccc4c3)[nH]c(=O)c21. The number of aromatic nitrogens is 5. The highest BCUT2D eigenvalue weighted by molar-refractivity contribution is 5.80. The second-order valence-corrected chi connectivity index (χ2v) is 5.17. The summed E-state index contributed by atoms with van der Waals surface area (Å²) in [6.07, 6.45) is 3.50. The highest BCUT2D eigenvalue weighted by atomic mass is 16.1. The van der Waals surface area contributed by atoms with E-state index in [0.29, 0.717) is 23.5 Å². The van der Waals surface area contributed by atoms with Gasteiger partial charge in [0, 0.05) is 25.3 Å². The van der Waals surface area contributed by atoms with Crippen LogP contribution in [0.25, 0.3) is 21.9 Å². The van der Waals surface area contributed by atoms with Gasteiger partial charge >= 0.3 is 0 Å². The number of benzene rings is 1. The minimum atomic E-state index is -0.200. The Hall–Kier alpha value is -3.09. The average Bonchev–Trinajstić information content (AvgIpc) is 3.11. The van der Waals surface area contributed by atoms with Gasteiger partial charge in [-0.1, -0.05) is 6.07 Å². The van der Waals surface area contributed by atoms with E-state index in [9.17, 15) is 4.79 Å². The van der Waals surface area contributed by atoms with Gasteiger partial charge in [0.1, 0.15) is 5.52 Å². The molecule has 7 heteroatoms. The Balaban J connectivity index is 1.61. The van der Waals surface area contributed by atoms with E-state index in [1.54, 1.807) is 13.2 Å². The molecule has 4 aromatic rings. The van der Waals surface area contributed by atoms with Crippen molar-refractivity contribution in [3.05, 3.63) is 52.6 Å². The van der Waals surface area contributed by atoms with Crippen LogP contribution < -0.4 is 10.9 Å². The number of anilines is 1. The lowest BCUT2D eigenvalue weighted by Gasteiger charge is -2.06. The van der Waals surface area contributed by atoms with Crippen LogP contribution in [0.5, 0.6) is 0 Å². The second-order valence-electron chi connectivity index (χ2n) is 5.17. The van der Waals surface area contributed by atoms with Crippen molar-refractivity contribution in [2.75, 3.05) is 5.32 Å². The summed E-state index contributed by atoms with van der Waals surface area (Å²) in [6, 6.07) is 8.19. The highest BCUT2D eigenvalue weighted by Crippen LogP contribution is 2.15. The minimum Gasteiger partial charge on any atom is -0.361 e. The lowest BCUT2D eigenvalue weighted by molar-refractivity contribution is 0.792. The smallest absolute Gasteiger partial charge is 0.278 e. The first kappa shape index (κ1) is 12.6. The molecule has 4 rings (SSSR count). The molecule has 0 saturated heterocycles. The summed E-state index contributed by atoms with van der Waals surface area (Å²) < 4.78 is 1.52. The number of hydrogen-bond donors (Lipinski definition) is 3. The zero-order valence-electron chi connectivity index (χ0n) is 11.9. The van der Waals surface area contributed by atoms with Crippen molar-refractivity contribution in [2.24, 2.45) is 7.05 Å². The summed E-state index contributed by atoms with van der Waals surface area (Å²) in [6.45, 7) is 0.579. The zero-order valence-corrected chi connectivity index (χ0v) is 11.9. The van der Waals surface area contributed by atoms with Crippen molar-refractivity contribution >= 4 is 27.9 Å².